The molecule has 0 aromatic carbocycles. The molecule has 1 fully saturated rings. The Morgan fingerprint density at radius 1 is 1.29 bits per heavy atom. The van der Waals surface area contributed by atoms with Gasteiger partial charge in [0.25, 0.3) is 0 Å². The highest BCUT2D eigenvalue weighted by molar-refractivity contribution is 5.89. The molecule has 2 N–H and O–H groups in total. The normalized spacial score (nSPS) is 20.0. The number of carbonyl (C=O) groups is 3. The molecule has 1 heterocycles. The van der Waals surface area contributed by atoms with E-state index in [0.717, 1.165) is 19.4 Å². The van der Waals surface area contributed by atoms with Crippen LogP contribution >= 0.6 is 0 Å². The maximum Gasteiger partial charge on any atom is 0.315 e. The van der Waals surface area contributed by atoms with Crippen LogP contribution in [0.15, 0.2) is 0 Å². The lowest BCUT2D eigenvalue weighted by Crippen LogP contribution is -2.57. The van der Waals surface area contributed by atoms with Gasteiger partial charge in [-0.25, -0.2) is 4.79 Å². The molecule has 2 atom stereocenters. The first kappa shape index (κ1) is 17.5. The molecule has 3 amide bonds. The number of urea groups is 1. The van der Waals surface area contributed by atoms with Gasteiger partial charge in [-0.05, 0) is 32.1 Å². The van der Waals surface area contributed by atoms with E-state index in [1.54, 1.807) is 0 Å². The highest BCUT2D eigenvalue weighted by Gasteiger charge is 2.38. The summed E-state index contributed by atoms with van der Waals surface area (Å²) < 4.78 is 0. The summed E-state index contributed by atoms with van der Waals surface area (Å²) in [6, 6.07) is -0.875. The first-order valence-electron chi connectivity index (χ1n) is 7.47. The van der Waals surface area contributed by atoms with Crippen LogP contribution < -0.4 is 10.6 Å². The number of ketones is 1. The molecule has 0 aliphatic carbocycles. The number of Topliss-reactive ketones (excluding diaryl/α,β-unsaturated/α-hetero) is 1. The average molecular weight is 297 g/mol. The fourth-order valence-electron chi connectivity index (χ4n) is 2.46. The minimum Gasteiger partial charge on any atom is -0.338 e. The molecule has 6 nitrogen and oxygen atoms in total. The fourth-order valence-corrected chi connectivity index (χ4v) is 2.46. The summed E-state index contributed by atoms with van der Waals surface area (Å²) in [5.41, 5.74) is -0.396. The third-order valence-electron chi connectivity index (χ3n) is 3.72. The lowest BCUT2D eigenvalue weighted by atomic mass is 9.85. The van der Waals surface area contributed by atoms with Crippen molar-refractivity contribution in [1.82, 2.24) is 15.5 Å². The Labute approximate surface area is 126 Å². The predicted octanol–water partition coefficient (Wildman–Crippen LogP) is 1.30. The van der Waals surface area contributed by atoms with E-state index in [9.17, 15) is 14.4 Å². The molecule has 0 saturated carbocycles. The Morgan fingerprint density at radius 3 is 2.33 bits per heavy atom. The summed E-state index contributed by atoms with van der Waals surface area (Å²) in [5.74, 6) is -0.178. The summed E-state index contributed by atoms with van der Waals surface area (Å²) in [6.45, 7) is 9.89. The highest BCUT2D eigenvalue weighted by Crippen LogP contribution is 2.25. The summed E-state index contributed by atoms with van der Waals surface area (Å²) in [7, 11) is 0. The van der Waals surface area contributed by atoms with Gasteiger partial charge in [0.2, 0.25) is 5.91 Å². The molecule has 6 heteroatoms. The Morgan fingerprint density at radius 2 is 1.90 bits per heavy atom. The second-order valence-electron chi connectivity index (χ2n) is 6.85. The number of nitrogens with zero attached hydrogens (tertiary/aromatic N) is 1. The highest BCUT2D eigenvalue weighted by atomic mass is 16.2. The first-order chi connectivity index (χ1) is 9.62. The summed E-state index contributed by atoms with van der Waals surface area (Å²) in [5, 5.41) is 5.19. The minimum absolute atomic E-state index is 0.0308. The van der Waals surface area contributed by atoms with E-state index >= 15 is 0 Å². The van der Waals surface area contributed by atoms with Crippen molar-refractivity contribution in [2.45, 2.75) is 59.5 Å². The van der Waals surface area contributed by atoms with Crippen molar-refractivity contribution in [1.29, 1.82) is 0 Å². The van der Waals surface area contributed by atoms with Crippen LogP contribution in [0.1, 0.15) is 47.5 Å². The SMILES string of the molecule is CC(=O)CNC(=O)NC(C(=O)N1CCCC1C)C(C)(C)C. The van der Waals surface area contributed by atoms with Crippen LogP contribution in [0, 0.1) is 5.41 Å². The molecule has 2 unspecified atom stereocenters. The van der Waals surface area contributed by atoms with Gasteiger partial charge in [0.1, 0.15) is 11.8 Å². The van der Waals surface area contributed by atoms with E-state index in [1.807, 2.05) is 32.6 Å². The van der Waals surface area contributed by atoms with Gasteiger partial charge in [-0.3, -0.25) is 9.59 Å². The van der Waals surface area contributed by atoms with Gasteiger partial charge in [0, 0.05) is 12.6 Å². The zero-order valence-corrected chi connectivity index (χ0v) is 13.7. The maximum absolute atomic E-state index is 12.7. The van der Waals surface area contributed by atoms with E-state index in [1.165, 1.54) is 6.92 Å². The maximum atomic E-state index is 12.7. The van der Waals surface area contributed by atoms with Crippen LogP contribution in [-0.4, -0.2) is 47.8 Å². The molecule has 0 radical (unpaired) electrons. The predicted molar refractivity (Wildman–Crippen MR) is 80.9 cm³/mol. The smallest absolute Gasteiger partial charge is 0.315 e. The van der Waals surface area contributed by atoms with Gasteiger partial charge in [-0.15, -0.1) is 0 Å². The van der Waals surface area contributed by atoms with Crippen molar-refractivity contribution < 1.29 is 14.4 Å². The number of hydrogen-bond acceptors (Lipinski definition) is 3. The van der Waals surface area contributed by atoms with Crippen LogP contribution in [-0.2, 0) is 9.59 Å². The Bertz CT molecular complexity index is 415. The summed E-state index contributed by atoms with van der Waals surface area (Å²) in [6.07, 6.45) is 2.00. The quantitative estimate of drug-likeness (QED) is 0.821. The molecule has 120 valence electrons. The van der Waals surface area contributed by atoms with E-state index in [4.69, 9.17) is 0 Å². The van der Waals surface area contributed by atoms with E-state index in [0.29, 0.717) is 0 Å². The third-order valence-corrected chi connectivity index (χ3v) is 3.72. The monoisotopic (exact) mass is 297 g/mol. The molecule has 0 aromatic heterocycles. The van der Waals surface area contributed by atoms with Crippen LogP contribution in [0.5, 0.6) is 0 Å². The lowest BCUT2D eigenvalue weighted by Gasteiger charge is -2.35. The average Bonchev–Trinajstić information content (AvgIpc) is 2.77. The standard InChI is InChI=1S/C15H27N3O3/c1-10-7-6-8-18(10)13(20)12(15(3,4)5)17-14(21)16-9-11(2)19/h10,12H,6-9H2,1-5H3,(H2,16,17,21). The van der Waals surface area contributed by atoms with E-state index in [-0.39, 0.29) is 24.3 Å². The number of likely N-dealkylation sites (tertiary alicyclic amines) is 1. The van der Waals surface area contributed by atoms with Crippen LogP contribution in [0.25, 0.3) is 0 Å². The van der Waals surface area contributed by atoms with Crippen molar-refractivity contribution in [2.24, 2.45) is 5.41 Å². The number of rotatable bonds is 4. The van der Waals surface area contributed by atoms with Crippen molar-refractivity contribution in [3.05, 3.63) is 0 Å². The van der Waals surface area contributed by atoms with Gasteiger partial charge >= 0.3 is 6.03 Å². The van der Waals surface area contributed by atoms with Crippen LogP contribution in [0.2, 0.25) is 0 Å². The van der Waals surface area contributed by atoms with Crippen molar-refractivity contribution >= 4 is 17.7 Å². The summed E-state index contributed by atoms with van der Waals surface area (Å²) >= 11 is 0. The lowest BCUT2D eigenvalue weighted by molar-refractivity contribution is -0.136. The van der Waals surface area contributed by atoms with Gasteiger partial charge in [-0.1, -0.05) is 20.8 Å². The second-order valence-corrected chi connectivity index (χ2v) is 6.85. The number of carbonyl (C=O) groups excluding carboxylic acids is 3. The molecule has 1 aliphatic rings. The van der Waals surface area contributed by atoms with Crippen molar-refractivity contribution in [2.75, 3.05) is 13.1 Å². The number of amides is 3. The largest absolute Gasteiger partial charge is 0.338 e. The topological polar surface area (TPSA) is 78.5 Å². The summed E-state index contributed by atoms with van der Waals surface area (Å²) in [4.78, 5) is 37.3. The molecule has 0 spiro atoms. The molecular weight excluding hydrogens is 270 g/mol. The number of nitrogens with one attached hydrogen (secondary N) is 2. The molecule has 1 saturated heterocycles. The number of hydrogen-bond donors (Lipinski definition) is 2. The Balaban J connectivity index is 2.74. The first-order valence-corrected chi connectivity index (χ1v) is 7.47. The van der Waals surface area contributed by atoms with Crippen molar-refractivity contribution in [3.63, 3.8) is 0 Å². The molecule has 1 aliphatic heterocycles. The molecular formula is C15H27N3O3. The third kappa shape index (κ3) is 5.02. The van der Waals surface area contributed by atoms with Gasteiger partial charge in [0.15, 0.2) is 0 Å². The van der Waals surface area contributed by atoms with Gasteiger partial charge in [0.05, 0.1) is 6.54 Å². The molecule has 0 aromatic rings. The van der Waals surface area contributed by atoms with Crippen LogP contribution in [0.4, 0.5) is 4.79 Å². The molecule has 0 bridgehead atoms. The second kappa shape index (κ2) is 6.91. The van der Waals surface area contributed by atoms with E-state index < -0.39 is 17.5 Å². The minimum atomic E-state index is -0.606. The Hall–Kier alpha value is -1.59. The van der Waals surface area contributed by atoms with E-state index in [2.05, 4.69) is 10.6 Å². The Kier molecular flexibility index (Phi) is 5.75. The fraction of sp³-hybridized carbons (Fsp3) is 0.800. The zero-order valence-electron chi connectivity index (χ0n) is 13.7. The molecule has 1 rings (SSSR count). The zero-order chi connectivity index (χ0) is 16.2. The molecule has 21 heavy (non-hydrogen) atoms. The van der Waals surface area contributed by atoms with Crippen LogP contribution in [0.3, 0.4) is 0 Å². The van der Waals surface area contributed by atoms with Crippen molar-refractivity contribution in [3.8, 4) is 0 Å². The van der Waals surface area contributed by atoms with Gasteiger partial charge in [-0.2, -0.15) is 0 Å². The van der Waals surface area contributed by atoms with Gasteiger partial charge < -0.3 is 15.5 Å².